The fourth-order valence-corrected chi connectivity index (χ4v) is 1.95. The third-order valence-corrected chi connectivity index (χ3v) is 2.80. The van der Waals surface area contributed by atoms with Crippen LogP contribution in [0.15, 0.2) is 18.2 Å². The molecule has 1 aromatic rings. The highest BCUT2D eigenvalue weighted by Crippen LogP contribution is 2.26. The normalized spacial score (nSPS) is 14.3. The highest BCUT2D eigenvalue weighted by molar-refractivity contribution is 5.81. The van der Waals surface area contributed by atoms with Gasteiger partial charge in [0.2, 0.25) is 0 Å². The molecule has 7 heteroatoms. The van der Waals surface area contributed by atoms with Crippen molar-refractivity contribution in [2.24, 2.45) is 5.73 Å². The first-order valence-corrected chi connectivity index (χ1v) is 6.66. The number of carboxylic acid groups (broad SMARTS) is 1. The summed E-state index contributed by atoms with van der Waals surface area (Å²) in [5.74, 6) is -5.41. The lowest BCUT2D eigenvalue weighted by molar-refractivity contribution is -0.157. The van der Waals surface area contributed by atoms with Crippen molar-refractivity contribution in [1.29, 1.82) is 0 Å². The SMILES string of the molecule is CC(C)(C)OC(=O)[C@@H](c1ccc(F)c(F)c1)[C@H](N)CC(=O)O. The number of aliphatic carboxylic acids is 1. The van der Waals surface area contributed by atoms with Gasteiger partial charge in [-0.25, -0.2) is 8.78 Å². The quantitative estimate of drug-likeness (QED) is 0.813. The molecule has 0 amide bonds. The molecule has 0 spiro atoms. The van der Waals surface area contributed by atoms with Crippen LogP contribution in [0, 0.1) is 11.6 Å². The monoisotopic (exact) mass is 315 g/mol. The van der Waals surface area contributed by atoms with Gasteiger partial charge < -0.3 is 15.6 Å². The van der Waals surface area contributed by atoms with Crippen LogP contribution < -0.4 is 5.73 Å². The predicted molar refractivity (Wildman–Crippen MR) is 75.2 cm³/mol. The van der Waals surface area contributed by atoms with Crippen LogP contribution in [0.1, 0.15) is 38.7 Å². The fraction of sp³-hybridized carbons (Fsp3) is 0.467. The standard InChI is InChI=1S/C15H19F2NO4/c1-15(2,3)22-14(21)13(11(18)7-12(19)20)8-4-5-9(16)10(17)6-8/h4-6,11,13H,7,18H2,1-3H3,(H,19,20)/t11-,13+/m1/s1. The maximum Gasteiger partial charge on any atom is 0.315 e. The summed E-state index contributed by atoms with van der Waals surface area (Å²) in [4.78, 5) is 23.1. The molecular weight excluding hydrogens is 296 g/mol. The molecule has 0 saturated carbocycles. The Kier molecular flexibility index (Phi) is 5.59. The summed E-state index contributed by atoms with van der Waals surface area (Å²) in [6.07, 6.45) is -0.511. The average molecular weight is 315 g/mol. The topological polar surface area (TPSA) is 89.6 Å². The average Bonchev–Trinajstić information content (AvgIpc) is 2.30. The van der Waals surface area contributed by atoms with Crippen molar-refractivity contribution in [3.63, 3.8) is 0 Å². The van der Waals surface area contributed by atoms with E-state index in [-0.39, 0.29) is 5.56 Å². The van der Waals surface area contributed by atoms with Gasteiger partial charge in [-0.05, 0) is 38.5 Å². The Morgan fingerprint density at radius 3 is 2.32 bits per heavy atom. The molecule has 5 nitrogen and oxygen atoms in total. The van der Waals surface area contributed by atoms with E-state index in [1.807, 2.05) is 0 Å². The van der Waals surface area contributed by atoms with E-state index in [2.05, 4.69) is 0 Å². The molecule has 3 N–H and O–H groups in total. The highest BCUT2D eigenvalue weighted by Gasteiger charge is 2.33. The van der Waals surface area contributed by atoms with Crippen molar-refractivity contribution in [3.05, 3.63) is 35.4 Å². The minimum absolute atomic E-state index is 0.0712. The molecule has 0 aliphatic rings. The minimum Gasteiger partial charge on any atom is -0.481 e. The fourth-order valence-electron chi connectivity index (χ4n) is 1.95. The molecule has 0 saturated heterocycles. The van der Waals surface area contributed by atoms with Gasteiger partial charge in [-0.2, -0.15) is 0 Å². The van der Waals surface area contributed by atoms with Crippen molar-refractivity contribution in [1.82, 2.24) is 0 Å². The maximum atomic E-state index is 13.4. The number of halogens is 2. The largest absolute Gasteiger partial charge is 0.481 e. The third-order valence-electron chi connectivity index (χ3n) is 2.80. The Labute approximate surface area is 127 Å². The van der Waals surface area contributed by atoms with E-state index in [1.165, 1.54) is 6.07 Å². The lowest BCUT2D eigenvalue weighted by atomic mass is 9.89. The first-order chi connectivity index (χ1) is 10.0. The van der Waals surface area contributed by atoms with E-state index in [9.17, 15) is 18.4 Å². The van der Waals surface area contributed by atoms with E-state index >= 15 is 0 Å². The zero-order valence-corrected chi connectivity index (χ0v) is 12.6. The molecule has 0 aromatic heterocycles. The molecule has 0 heterocycles. The molecule has 22 heavy (non-hydrogen) atoms. The first-order valence-electron chi connectivity index (χ1n) is 6.66. The van der Waals surface area contributed by atoms with Gasteiger partial charge in [-0.1, -0.05) is 6.07 Å². The number of benzene rings is 1. The van der Waals surface area contributed by atoms with Crippen LogP contribution in [-0.4, -0.2) is 28.7 Å². The lowest BCUT2D eigenvalue weighted by Gasteiger charge is -2.27. The summed E-state index contributed by atoms with van der Waals surface area (Å²) >= 11 is 0. The molecule has 2 atom stereocenters. The molecular formula is C15H19F2NO4. The van der Waals surface area contributed by atoms with Gasteiger partial charge in [-0.3, -0.25) is 9.59 Å². The van der Waals surface area contributed by atoms with E-state index in [0.717, 1.165) is 12.1 Å². The summed E-state index contributed by atoms with van der Waals surface area (Å²) in [5, 5.41) is 8.83. The second-order valence-electron chi connectivity index (χ2n) is 5.95. The minimum atomic E-state index is -1.20. The summed E-state index contributed by atoms with van der Waals surface area (Å²) in [6.45, 7) is 4.90. The molecule has 1 aromatic carbocycles. The second-order valence-corrected chi connectivity index (χ2v) is 5.95. The van der Waals surface area contributed by atoms with Crippen LogP contribution in [0.5, 0.6) is 0 Å². The number of hydrogen-bond acceptors (Lipinski definition) is 4. The summed E-state index contributed by atoms with van der Waals surface area (Å²) in [5.41, 5.74) is 5.01. The zero-order chi connectivity index (χ0) is 17.1. The van der Waals surface area contributed by atoms with Crippen molar-refractivity contribution in [2.75, 3.05) is 0 Å². The molecule has 0 aliphatic heterocycles. The van der Waals surface area contributed by atoms with Crippen LogP contribution in [0.25, 0.3) is 0 Å². The van der Waals surface area contributed by atoms with Gasteiger partial charge in [0.15, 0.2) is 11.6 Å². The number of carboxylic acids is 1. The van der Waals surface area contributed by atoms with Gasteiger partial charge in [0.05, 0.1) is 12.3 Å². The van der Waals surface area contributed by atoms with Crippen LogP contribution in [0.2, 0.25) is 0 Å². The van der Waals surface area contributed by atoms with E-state index in [4.69, 9.17) is 15.6 Å². The number of hydrogen-bond donors (Lipinski definition) is 2. The Morgan fingerprint density at radius 2 is 1.86 bits per heavy atom. The Bertz CT molecular complexity index is 569. The summed E-state index contributed by atoms with van der Waals surface area (Å²) in [7, 11) is 0. The van der Waals surface area contributed by atoms with Crippen LogP contribution >= 0.6 is 0 Å². The predicted octanol–water partition coefficient (Wildman–Crippen LogP) is 2.19. The number of carbonyl (C=O) groups excluding carboxylic acids is 1. The zero-order valence-electron chi connectivity index (χ0n) is 12.6. The van der Waals surface area contributed by atoms with Gasteiger partial charge >= 0.3 is 11.9 Å². The molecule has 0 fully saturated rings. The highest BCUT2D eigenvalue weighted by atomic mass is 19.2. The smallest absolute Gasteiger partial charge is 0.315 e. The number of carbonyl (C=O) groups is 2. The van der Waals surface area contributed by atoms with E-state index in [1.54, 1.807) is 20.8 Å². The number of ether oxygens (including phenoxy) is 1. The van der Waals surface area contributed by atoms with Crippen LogP contribution in [0.3, 0.4) is 0 Å². The van der Waals surface area contributed by atoms with E-state index < -0.39 is 47.6 Å². The number of rotatable bonds is 5. The van der Waals surface area contributed by atoms with Gasteiger partial charge in [0, 0.05) is 6.04 Å². The van der Waals surface area contributed by atoms with Crippen molar-refractivity contribution in [3.8, 4) is 0 Å². The van der Waals surface area contributed by atoms with Crippen LogP contribution in [0.4, 0.5) is 8.78 Å². The van der Waals surface area contributed by atoms with Crippen molar-refractivity contribution >= 4 is 11.9 Å². The van der Waals surface area contributed by atoms with Gasteiger partial charge in [0.1, 0.15) is 5.60 Å². The number of esters is 1. The molecule has 0 unspecified atom stereocenters. The first kappa shape index (κ1) is 18.0. The maximum absolute atomic E-state index is 13.4. The Balaban J connectivity index is 3.17. The van der Waals surface area contributed by atoms with Crippen molar-refractivity contribution < 1.29 is 28.2 Å². The Morgan fingerprint density at radius 1 is 1.27 bits per heavy atom. The van der Waals surface area contributed by atoms with Gasteiger partial charge in [-0.15, -0.1) is 0 Å². The summed E-state index contributed by atoms with van der Waals surface area (Å²) < 4.78 is 31.6. The molecule has 0 bridgehead atoms. The molecule has 1 rings (SSSR count). The lowest BCUT2D eigenvalue weighted by Crippen LogP contribution is -2.39. The third kappa shape index (κ3) is 5.07. The van der Waals surface area contributed by atoms with Crippen molar-refractivity contribution in [2.45, 2.75) is 44.8 Å². The molecule has 0 aliphatic carbocycles. The number of nitrogens with two attached hydrogens (primary N) is 1. The molecule has 0 radical (unpaired) electrons. The van der Waals surface area contributed by atoms with E-state index in [0.29, 0.717) is 0 Å². The van der Waals surface area contributed by atoms with Gasteiger partial charge in [0.25, 0.3) is 0 Å². The summed E-state index contributed by atoms with van der Waals surface area (Å²) in [6, 6.07) is 1.74. The second kappa shape index (κ2) is 6.83. The van der Waals surface area contributed by atoms with Crippen LogP contribution in [-0.2, 0) is 14.3 Å². The molecule has 122 valence electrons. The Hall–Kier alpha value is -2.02.